The molecule has 1 amide bonds. The fraction of sp³-hybridized carbons (Fsp3) is 0.600. The summed E-state index contributed by atoms with van der Waals surface area (Å²) in [5, 5.41) is 0. The molecule has 0 radical (unpaired) electrons. The van der Waals surface area contributed by atoms with Crippen molar-refractivity contribution in [1.82, 2.24) is 0 Å². The molecule has 0 aromatic heterocycles. The van der Waals surface area contributed by atoms with Crippen molar-refractivity contribution < 1.29 is 9.58 Å². The molecular formula is C10H13N5O. The van der Waals surface area contributed by atoms with Gasteiger partial charge in [-0.3, -0.25) is 4.79 Å². The minimum absolute atomic E-state index is 0.0388. The lowest BCUT2D eigenvalue weighted by molar-refractivity contribution is -0.111. The highest BCUT2D eigenvalue weighted by molar-refractivity contribution is 6.68. The van der Waals surface area contributed by atoms with Gasteiger partial charge in [0.05, 0.1) is 0 Å². The van der Waals surface area contributed by atoms with E-state index in [-0.39, 0.29) is 17.5 Å². The molecule has 0 aromatic rings. The van der Waals surface area contributed by atoms with Crippen LogP contribution in [0.4, 0.5) is 0 Å². The summed E-state index contributed by atoms with van der Waals surface area (Å²) >= 11 is 0. The van der Waals surface area contributed by atoms with Gasteiger partial charge in [0.2, 0.25) is 11.5 Å². The van der Waals surface area contributed by atoms with E-state index in [1.807, 2.05) is 0 Å². The Morgan fingerprint density at radius 2 is 2.00 bits per heavy atom. The largest absolute Gasteiger partial charge is 0.497 e. The monoisotopic (exact) mass is 219 g/mol. The number of hydrogen-bond acceptors (Lipinski definition) is 2. The van der Waals surface area contributed by atoms with Crippen molar-refractivity contribution in [3.63, 3.8) is 0 Å². The number of hydrogen-bond donors (Lipinski definition) is 1. The van der Waals surface area contributed by atoms with Crippen molar-refractivity contribution in [2.75, 3.05) is 0 Å². The average Bonchev–Trinajstić information content (AvgIpc) is 2.74. The molecule has 1 fully saturated rings. The Labute approximate surface area is 92.9 Å². The molecule has 6 heteroatoms. The fourth-order valence-electron chi connectivity index (χ4n) is 2.13. The number of nitrogens with zero attached hydrogens (tertiary/aromatic N) is 4. The molecule has 0 saturated heterocycles. The first-order valence-corrected chi connectivity index (χ1v) is 5.42. The van der Waals surface area contributed by atoms with Crippen molar-refractivity contribution >= 4 is 23.3 Å². The molecule has 0 aromatic carbocycles. The summed E-state index contributed by atoms with van der Waals surface area (Å²) in [6.07, 6.45) is 5.57. The van der Waals surface area contributed by atoms with Crippen LogP contribution in [0.15, 0.2) is 9.98 Å². The van der Waals surface area contributed by atoms with Crippen LogP contribution in [0.1, 0.15) is 32.1 Å². The lowest BCUT2D eigenvalue weighted by Crippen LogP contribution is -2.28. The van der Waals surface area contributed by atoms with Gasteiger partial charge in [-0.05, 0) is 17.8 Å². The van der Waals surface area contributed by atoms with Crippen LogP contribution in [0.3, 0.4) is 0 Å². The highest BCUT2D eigenvalue weighted by Crippen LogP contribution is 2.26. The van der Waals surface area contributed by atoms with E-state index in [1.165, 1.54) is 6.42 Å². The van der Waals surface area contributed by atoms with Crippen LogP contribution in [-0.4, -0.2) is 28.1 Å². The zero-order valence-corrected chi connectivity index (χ0v) is 8.89. The van der Waals surface area contributed by atoms with Gasteiger partial charge < -0.3 is 16.1 Å². The number of nitrogens with two attached hydrogens (primary N) is 1. The average molecular weight is 219 g/mol. The van der Waals surface area contributed by atoms with Gasteiger partial charge >= 0.3 is 5.84 Å². The van der Waals surface area contributed by atoms with Gasteiger partial charge in [0, 0.05) is 5.92 Å². The van der Waals surface area contributed by atoms with Gasteiger partial charge in [0.25, 0.3) is 5.91 Å². The molecule has 0 unspecified atom stereocenters. The molecule has 0 atom stereocenters. The third-order valence-corrected chi connectivity index (χ3v) is 2.96. The second-order valence-electron chi connectivity index (χ2n) is 4.05. The topological polar surface area (TPSA) is 104 Å². The summed E-state index contributed by atoms with van der Waals surface area (Å²) in [5.41, 5.74) is 13.8. The van der Waals surface area contributed by atoms with E-state index >= 15 is 0 Å². The predicted molar refractivity (Wildman–Crippen MR) is 59.3 cm³/mol. The quantitative estimate of drug-likeness (QED) is 0.531. The number of carbonyl (C=O) groups excluding carboxylic acids is 1. The molecule has 6 nitrogen and oxygen atoms in total. The lowest BCUT2D eigenvalue weighted by atomic mass is 9.88. The zero-order chi connectivity index (χ0) is 11.5. The predicted octanol–water partition coefficient (Wildman–Crippen LogP) is 0.533. The van der Waals surface area contributed by atoms with Crippen LogP contribution < -0.4 is 5.73 Å². The molecule has 1 heterocycles. The Hall–Kier alpha value is -1.81. The van der Waals surface area contributed by atoms with Gasteiger partial charge in [0.15, 0.2) is 0 Å². The summed E-state index contributed by atoms with van der Waals surface area (Å²) in [5.74, 6) is 0.0825. The van der Waals surface area contributed by atoms with Crippen LogP contribution in [-0.2, 0) is 4.79 Å². The van der Waals surface area contributed by atoms with E-state index in [0.717, 1.165) is 25.7 Å². The lowest BCUT2D eigenvalue weighted by Gasteiger charge is -2.16. The number of amides is 1. The second kappa shape index (κ2) is 4.37. The van der Waals surface area contributed by atoms with Gasteiger partial charge in [-0.2, -0.15) is 4.99 Å². The molecule has 1 aliphatic heterocycles. The van der Waals surface area contributed by atoms with Gasteiger partial charge in [-0.25, -0.2) is 0 Å². The molecule has 2 N–H and O–H groups in total. The Balaban J connectivity index is 2.23. The Morgan fingerprint density at radius 3 is 2.50 bits per heavy atom. The Morgan fingerprint density at radius 1 is 1.31 bits per heavy atom. The summed E-state index contributed by atoms with van der Waals surface area (Å²) in [4.78, 5) is 22.1. The van der Waals surface area contributed by atoms with Gasteiger partial charge in [0.1, 0.15) is 0 Å². The van der Waals surface area contributed by atoms with Gasteiger partial charge in [-0.1, -0.05) is 19.3 Å². The molecular weight excluding hydrogens is 206 g/mol. The molecule has 16 heavy (non-hydrogen) atoms. The maximum absolute atomic E-state index is 11.0. The standard InChI is InChI=1S/C10H13N5O/c11-8(16)7-10(15-12)14-9(13-7)6-4-2-1-3-5-6/h6H,1-5H2,(H2,11,16). The number of amidine groups is 2. The highest BCUT2D eigenvalue weighted by Gasteiger charge is 2.36. The molecule has 84 valence electrons. The van der Waals surface area contributed by atoms with Crippen molar-refractivity contribution in [3.8, 4) is 0 Å². The molecule has 0 bridgehead atoms. The molecule has 0 spiro atoms. The minimum Gasteiger partial charge on any atom is -0.497 e. The molecule has 2 aliphatic rings. The minimum atomic E-state index is -0.706. The number of carbonyl (C=O) groups is 1. The number of aliphatic imine (C=N–C) groups is 2. The summed E-state index contributed by atoms with van der Waals surface area (Å²) in [6.45, 7) is 0. The fourth-order valence-corrected chi connectivity index (χ4v) is 2.13. The van der Waals surface area contributed by atoms with Crippen molar-refractivity contribution in [1.29, 1.82) is 0 Å². The summed E-state index contributed by atoms with van der Waals surface area (Å²) in [6, 6.07) is 0. The van der Waals surface area contributed by atoms with E-state index in [4.69, 9.17) is 11.3 Å². The maximum Gasteiger partial charge on any atom is 0.434 e. The second-order valence-corrected chi connectivity index (χ2v) is 4.05. The third kappa shape index (κ3) is 1.92. The maximum atomic E-state index is 11.0. The Bertz CT molecular complexity index is 424. The SMILES string of the molecule is [N-]=[N+]=C1N=C(C2CCCCC2)N=C1C(N)=O. The van der Waals surface area contributed by atoms with Gasteiger partial charge in [-0.15, -0.1) is 0 Å². The normalized spacial score (nSPS) is 21.4. The van der Waals surface area contributed by atoms with Crippen LogP contribution in [0.5, 0.6) is 0 Å². The molecule has 1 aliphatic carbocycles. The van der Waals surface area contributed by atoms with Crippen LogP contribution in [0.25, 0.3) is 5.53 Å². The summed E-state index contributed by atoms with van der Waals surface area (Å²) < 4.78 is 0. The van der Waals surface area contributed by atoms with E-state index in [2.05, 4.69) is 14.8 Å². The van der Waals surface area contributed by atoms with E-state index in [1.54, 1.807) is 0 Å². The van der Waals surface area contributed by atoms with E-state index < -0.39 is 5.91 Å². The van der Waals surface area contributed by atoms with Crippen molar-refractivity contribution in [2.45, 2.75) is 32.1 Å². The number of rotatable bonds is 2. The van der Waals surface area contributed by atoms with Crippen molar-refractivity contribution in [3.05, 3.63) is 5.53 Å². The van der Waals surface area contributed by atoms with Crippen molar-refractivity contribution in [2.24, 2.45) is 21.6 Å². The van der Waals surface area contributed by atoms with E-state index in [0.29, 0.717) is 5.84 Å². The van der Waals surface area contributed by atoms with Crippen LogP contribution in [0, 0.1) is 5.92 Å². The van der Waals surface area contributed by atoms with E-state index in [9.17, 15) is 4.79 Å². The first kappa shape index (κ1) is 10.7. The first-order valence-electron chi connectivity index (χ1n) is 5.42. The van der Waals surface area contributed by atoms with Crippen LogP contribution >= 0.6 is 0 Å². The number of primary amides is 1. The molecule has 2 rings (SSSR count). The third-order valence-electron chi connectivity index (χ3n) is 2.96. The smallest absolute Gasteiger partial charge is 0.434 e. The molecule has 1 saturated carbocycles. The zero-order valence-electron chi connectivity index (χ0n) is 8.89. The Kier molecular flexibility index (Phi) is 2.92. The first-order chi connectivity index (χ1) is 7.72. The highest BCUT2D eigenvalue weighted by atomic mass is 16.1. The van der Waals surface area contributed by atoms with Crippen LogP contribution in [0.2, 0.25) is 0 Å². The summed E-state index contributed by atoms with van der Waals surface area (Å²) in [7, 11) is 0.